The number of nitrogens with one attached hydrogen (secondary N) is 1. The van der Waals surface area contributed by atoms with Gasteiger partial charge in [0.2, 0.25) is 0 Å². The van der Waals surface area contributed by atoms with Crippen LogP contribution in [0.1, 0.15) is 37.8 Å². The van der Waals surface area contributed by atoms with E-state index in [1.807, 2.05) is 18.7 Å². The minimum Gasteiger partial charge on any atom is -0.309 e. The van der Waals surface area contributed by atoms with Crippen LogP contribution in [-0.2, 0) is 0 Å². The zero-order valence-corrected chi connectivity index (χ0v) is 11.4. The number of rotatable bonds is 4. The highest BCUT2D eigenvalue weighted by atomic mass is 32.2. The molecule has 1 aromatic carbocycles. The van der Waals surface area contributed by atoms with Gasteiger partial charge >= 0.3 is 0 Å². The summed E-state index contributed by atoms with van der Waals surface area (Å²) in [6.45, 7) is 2.74. The minimum absolute atomic E-state index is 0.150. The maximum atomic E-state index is 13.6. The number of halogens is 2. The number of hydrogen-bond donors (Lipinski definition) is 1. The van der Waals surface area contributed by atoms with E-state index in [-0.39, 0.29) is 17.7 Å². The summed E-state index contributed by atoms with van der Waals surface area (Å²) >= 11 is 1.98. The van der Waals surface area contributed by atoms with Crippen molar-refractivity contribution in [3.63, 3.8) is 0 Å². The molecule has 4 heteroatoms. The van der Waals surface area contributed by atoms with Gasteiger partial charge < -0.3 is 5.32 Å². The van der Waals surface area contributed by atoms with Crippen LogP contribution >= 0.6 is 11.8 Å². The lowest BCUT2D eigenvalue weighted by atomic mass is 10.1. The van der Waals surface area contributed by atoms with Crippen LogP contribution in [0.3, 0.4) is 0 Å². The summed E-state index contributed by atoms with van der Waals surface area (Å²) in [5.41, 5.74) is 0.413. The van der Waals surface area contributed by atoms with Crippen LogP contribution in [0, 0.1) is 11.6 Å². The fraction of sp³-hybridized carbons (Fsp3) is 0.571. The predicted octanol–water partition coefficient (Wildman–Crippen LogP) is 3.90. The first kappa shape index (κ1) is 13.8. The van der Waals surface area contributed by atoms with Crippen LogP contribution in [0.15, 0.2) is 18.2 Å². The molecule has 0 spiro atoms. The van der Waals surface area contributed by atoms with Crippen molar-refractivity contribution in [2.45, 2.75) is 37.5 Å². The Kier molecular flexibility index (Phi) is 5.01. The van der Waals surface area contributed by atoms with E-state index in [2.05, 4.69) is 5.32 Å². The first-order valence-electron chi connectivity index (χ1n) is 6.47. The SMILES string of the molecule is CC(NCC1CCCCS1)c1cc(F)ccc1F. The Morgan fingerprint density at radius 2 is 2.22 bits per heavy atom. The van der Waals surface area contributed by atoms with Gasteiger partial charge in [-0.2, -0.15) is 11.8 Å². The maximum Gasteiger partial charge on any atom is 0.128 e. The normalized spacial score (nSPS) is 21.8. The fourth-order valence-electron chi connectivity index (χ4n) is 2.23. The first-order valence-corrected chi connectivity index (χ1v) is 7.51. The summed E-state index contributed by atoms with van der Waals surface area (Å²) in [7, 11) is 0. The van der Waals surface area contributed by atoms with Gasteiger partial charge in [-0.25, -0.2) is 8.78 Å². The van der Waals surface area contributed by atoms with Gasteiger partial charge in [0.05, 0.1) is 0 Å². The molecule has 1 nitrogen and oxygen atoms in total. The van der Waals surface area contributed by atoms with Crippen molar-refractivity contribution in [2.24, 2.45) is 0 Å². The second kappa shape index (κ2) is 6.53. The predicted molar refractivity (Wildman–Crippen MR) is 72.9 cm³/mol. The Labute approximate surface area is 111 Å². The molecule has 0 amide bonds. The van der Waals surface area contributed by atoms with Crippen LogP contribution in [0.25, 0.3) is 0 Å². The minimum atomic E-state index is -0.382. The van der Waals surface area contributed by atoms with E-state index in [0.717, 1.165) is 12.6 Å². The van der Waals surface area contributed by atoms with E-state index >= 15 is 0 Å². The lowest BCUT2D eigenvalue weighted by Gasteiger charge is -2.24. The topological polar surface area (TPSA) is 12.0 Å². The molecule has 0 aromatic heterocycles. The first-order chi connectivity index (χ1) is 8.66. The molecule has 1 aliphatic rings. The molecule has 2 unspecified atom stereocenters. The smallest absolute Gasteiger partial charge is 0.128 e. The highest BCUT2D eigenvalue weighted by Crippen LogP contribution is 2.25. The fourth-order valence-corrected chi connectivity index (χ4v) is 3.48. The van der Waals surface area contributed by atoms with Gasteiger partial charge in [-0.15, -0.1) is 0 Å². The van der Waals surface area contributed by atoms with Crippen molar-refractivity contribution in [3.8, 4) is 0 Å². The molecule has 18 heavy (non-hydrogen) atoms. The van der Waals surface area contributed by atoms with Crippen LogP contribution in [0.2, 0.25) is 0 Å². The standard InChI is InChI=1S/C14H19F2NS/c1-10(13-8-11(15)5-6-14(13)16)17-9-12-4-2-3-7-18-12/h5-6,8,10,12,17H,2-4,7,9H2,1H3. The van der Waals surface area contributed by atoms with Crippen molar-refractivity contribution >= 4 is 11.8 Å². The molecule has 1 saturated heterocycles. The molecule has 0 bridgehead atoms. The maximum absolute atomic E-state index is 13.6. The third kappa shape index (κ3) is 3.69. The lowest BCUT2D eigenvalue weighted by Crippen LogP contribution is -2.29. The molecule has 2 rings (SSSR count). The average molecular weight is 271 g/mol. The Balaban J connectivity index is 1.90. The molecule has 1 heterocycles. The van der Waals surface area contributed by atoms with Gasteiger partial charge in [0.25, 0.3) is 0 Å². The van der Waals surface area contributed by atoms with Crippen LogP contribution in [0.4, 0.5) is 8.78 Å². The van der Waals surface area contributed by atoms with E-state index in [0.29, 0.717) is 10.8 Å². The average Bonchev–Trinajstić information content (AvgIpc) is 2.40. The lowest BCUT2D eigenvalue weighted by molar-refractivity contribution is 0.505. The molecular formula is C14H19F2NS. The van der Waals surface area contributed by atoms with E-state index < -0.39 is 0 Å². The molecule has 100 valence electrons. The van der Waals surface area contributed by atoms with E-state index in [4.69, 9.17) is 0 Å². The van der Waals surface area contributed by atoms with Gasteiger partial charge in [-0.1, -0.05) is 6.42 Å². The molecule has 0 radical (unpaired) electrons. The molecule has 1 fully saturated rings. The van der Waals surface area contributed by atoms with Gasteiger partial charge in [-0.3, -0.25) is 0 Å². The summed E-state index contributed by atoms with van der Waals surface area (Å²) in [5.74, 6) is 0.495. The molecule has 0 aliphatic carbocycles. The van der Waals surface area contributed by atoms with Crippen LogP contribution in [-0.4, -0.2) is 17.5 Å². The van der Waals surface area contributed by atoms with Crippen molar-refractivity contribution < 1.29 is 8.78 Å². The highest BCUT2D eigenvalue weighted by Gasteiger charge is 2.16. The molecule has 0 saturated carbocycles. The van der Waals surface area contributed by atoms with E-state index in [1.54, 1.807) is 0 Å². The van der Waals surface area contributed by atoms with Crippen molar-refractivity contribution in [2.75, 3.05) is 12.3 Å². The number of hydrogen-bond acceptors (Lipinski definition) is 2. The Hall–Kier alpha value is -0.610. The summed E-state index contributed by atoms with van der Waals surface area (Å²) < 4.78 is 26.7. The number of thioether (sulfide) groups is 1. The zero-order chi connectivity index (χ0) is 13.0. The third-order valence-corrected chi connectivity index (χ3v) is 4.75. The second-order valence-corrected chi connectivity index (χ2v) is 6.19. The summed E-state index contributed by atoms with van der Waals surface area (Å²) in [6, 6.07) is 3.48. The van der Waals surface area contributed by atoms with Crippen LogP contribution < -0.4 is 5.32 Å². The summed E-state index contributed by atoms with van der Waals surface area (Å²) in [5, 5.41) is 3.92. The van der Waals surface area contributed by atoms with Crippen LogP contribution in [0.5, 0.6) is 0 Å². The van der Waals surface area contributed by atoms with Gasteiger partial charge in [0.15, 0.2) is 0 Å². The van der Waals surface area contributed by atoms with Crippen molar-refractivity contribution in [3.05, 3.63) is 35.4 Å². The van der Waals surface area contributed by atoms with Crippen molar-refractivity contribution in [1.82, 2.24) is 5.32 Å². The van der Waals surface area contributed by atoms with Crippen molar-refractivity contribution in [1.29, 1.82) is 0 Å². The molecule has 1 N–H and O–H groups in total. The molecular weight excluding hydrogens is 252 g/mol. The zero-order valence-electron chi connectivity index (χ0n) is 10.6. The summed E-state index contributed by atoms with van der Waals surface area (Å²) in [4.78, 5) is 0. The number of benzene rings is 1. The van der Waals surface area contributed by atoms with Gasteiger partial charge in [-0.05, 0) is 43.7 Å². The quantitative estimate of drug-likeness (QED) is 0.891. The highest BCUT2D eigenvalue weighted by molar-refractivity contribution is 7.99. The summed E-state index contributed by atoms with van der Waals surface area (Å²) in [6.07, 6.45) is 3.80. The Morgan fingerprint density at radius 1 is 1.39 bits per heavy atom. The van der Waals surface area contributed by atoms with E-state index in [9.17, 15) is 8.78 Å². The molecule has 2 atom stereocenters. The van der Waals surface area contributed by atoms with Gasteiger partial charge in [0, 0.05) is 23.4 Å². The second-order valence-electron chi connectivity index (χ2n) is 4.78. The molecule has 1 aliphatic heterocycles. The largest absolute Gasteiger partial charge is 0.309 e. The third-order valence-electron chi connectivity index (χ3n) is 3.35. The van der Waals surface area contributed by atoms with E-state index in [1.165, 1.54) is 37.1 Å². The monoisotopic (exact) mass is 271 g/mol. The Bertz CT molecular complexity index is 391. The van der Waals surface area contributed by atoms with Gasteiger partial charge in [0.1, 0.15) is 11.6 Å². The Morgan fingerprint density at radius 3 is 2.94 bits per heavy atom. The molecule has 1 aromatic rings.